The molecule has 0 aromatic heterocycles. The first-order valence-corrected chi connectivity index (χ1v) is 14.6. The normalized spacial score (nSPS) is 15.8. The van der Waals surface area contributed by atoms with Crippen molar-refractivity contribution < 1.29 is 28.6 Å². The summed E-state index contributed by atoms with van der Waals surface area (Å²) in [6.45, 7) is 5.98. The molecule has 9 nitrogen and oxygen atoms in total. The van der Waals surface area contributed by atoms with E-state index in [0.717, 1.165) is 45.7 Å². The molecule has 2 aromatic rings. The third kappa shape index (κ3) is 7.41. The summed E-state index contributed by atoms with van der Waals surface area (Å²) in [6, 6.07) is 12.9. The molecule has 9 heteroatoms. The lowest BCUT2D eigenvalue weighted by Crippen LogP contribution is -2.48. The molecule has 1 fully saturated rings. The highest BCUT2D eigenvalue weighted by atomic mass is 16.6. The Morgan fingerprint density at radius 1 is 1.10 bits per heavy atom. The molecule has 0 unspecified atom stereocenters. The third-order valence-electron chi connectivity index (χ3n) is 7.93. The minimum Gasteiger partial charge on any atom is -0.489 e. The molecule has 1 saturated carbocycles. The molecule has 1 aliphatic carbocycles. The van der Waals surface area contributed by atoms with Gasteiger partial charge in [0.05, 0.1) is 25.2 Å². The molecule has 0 saturated heterocycles. The number of hydrogen-bond acceptors (Lipinski definition) is 7. The van der Waals surface area contributed by atoms with Crippen molar-refractivity contribution in [1.82, 2.24) is 4.90 Å². The van der Waals surface area contributed by atoms with Gasteiger partial charge in [0, 0.05) is 19.3 Å². The minimum atomic E-state index is -1.12. The Labute approximate surface area is 248 Å². The molecule has 0 bridgehead atoms. The molecule has 42 heavy (non-hydrogen) atoms. The SMILES string of the molecule is COC(=O)[C@@H](CC(=O)N1CCc2cc(OCc3ccc(C4CCCCC4)c(C#N)c3)ccc21)N(C)C(=O)OC(C)(C)C. The maximum absolute atomic E-state index is 13.3. The van der Waals surface area contributed by atoms with Gasteiger partial charge in [-0.05, 0) is 86.9 Å². The zero-order valence-corrected chi connectivity index (χ0v) is 25.3. The maximum atomic E-state index is 13.3. The Balaban J connectivity index is 1.40. The predicted octanol–water partition coefficient (Wildman–Crippen LogP) is 5.87. The summed E-state index contributed by atoms with van der Waals surface area (Å²) < 4.78 is 16.3. The smallest absolute Gasteiger partial charge is 0.410 e. The molecule has 1 heterocycles. The lowest BCUT2D eigenvalue weighted by Gasteiger charge is -2.30. The van der Waals surface area contributed by atoms with E-state index in [9.17, 15) is 19.6 Å². The Hall–Kier alpha value is -4.06. The number of amides is 2. The standard InChI is InChI=1S/C33H41N3O6/c1-33(2,3)42-32(39)35(4)29(31(38)40-5)19-30(37)36-16-15-24-18-26(12-14-28(24)36)41-21-22-11-13-27(25(17-22)20-34)23-9-7-6-8-10-23/h11-14,17-18,23,29H,6-10,15-16,19,21H2,1-5H3/t29-/m1/s1. The summed E-state index contributed by atoms with van der Waals surface area (Å²) in [7, 11) is 2.65. The van der Waals surface area contributed by atoms with Gasteiger partial charge in [0.2, 0.25) is 5.91 Å². The fourth-order valence-corrected chi connectivity index (χ4v) is 5.70. The van der Waals surface area contributed by atoms with Crippen LogP contribution in [0.2, 0.25) is 0 Å². The van der Waals surface area contributed by atoms with Gasteiger partial charge in [-0.1, -0.05) is 31.4 Å². The molecule has 0 N–H and O–H groups in total. The van der Waals surface area contributed by atoms with Gasteiger partial charge in [0.25, 0.3) is 0 Å². The van der Waals surface area contributed by atoms with Crippen LogP contribution in [0.15, 0.2) is 36.4 Å². The first-order valence-electron chi connectivity index (χ1n) is 14.6. The van der Waals surface area contributed by atoms with Gasteiger partial charge in [-0.15, -0.1) is 0 Å². The van der Waals surface area contributed by atoms with Crippen LogP contribution in [-0.4, -0.2) is 55.2 Å². The highest BCUT2D eigenvalue weighted by molar-refractivity contribution is 5.98. The fourth-order valence-electron chi connectivity index (χ4n) is 5.70. The van der Waals surface area contributed by atoms with Gasteiger partial charge in [-0.25, -0.2) is 9.59 Å². The Morgan fingerprint density at radius 3 is 2.50 bits per heavy atom. The summed E-state index contributed by atoms with van der Waals surface area (Å²) in [5, 5.41) is 9.76. The molecular weight excluding hydrogens is 534 g/mol. The molecule has 1 aliphatic heterocycles. The number of anilines is 1. The van der Waals surface area contributed by atoms with E-state index in [1.165, 1.54) is 33.4 Å². The van der Waals surface area contributed by atoms with Gasteiger partial charge in [-0.3, -0.25) is 9.69 Å². The topological polar surface area (TPSA) is 109 Å². The molecule has 2 aliphatic rings. The van der Waals surface area contributed by atoms with E-state index in [-0.39, 0.29) is 12.3 Å². The second-order valence-electron chi connectivity index (χ2n) is 12.1. The number of fused-ring (bicyclic) bond motifs is 1. The van der Waals surface area contributed by atoms with Crippen molar-refractivity contribution in [1.29, 1.82) is 5.26 Å². The van der Waals surface area contributed by atoms with Crippen molar-refractivity contribution in [3.63, 3.8) is 0 Å². The van der Waals surface area contributed by atoms with E-state index < -0.39 is 23.7 Å². The third-order valence-corrected chi connectivity index (χ3v) is 7.93. The van der Waals surface area contributed by atoms with Gasteiger partial charge in [-0.2, -0.15) is 5.26 Å². The largest absolute Gasteiger partial charge is 0.489 e. The second kappa shape index (κ2) is 13.3. The van der Waals surface area contributed by atoms with Crippen LogP contribution in [0.25, 0.3) is 0 Å². The first-order chi connectivity index (χ1) is 20.0. The molecule has 4 rings (SSSR count). The van der Waals surface area contributed by atoms with Crippen molar-refractivity contribution in [2.75, 3.05) is 25.6 Å². The fraction of sp³-hybridized carbons (Fsp3) is 0.515. The monoisotopic (exact) mass is 575 g/mol. The van der Waals surface area contributed by atoms with Crippen LogP contribution in [0.5, 0.6) is 5.75 Å². The molecule has 2 aromatic carbocycles. The zero-order valence-electron chi connectivity index (χ0n) is 25.3. The number of likely N-dealkylation sites (N-methyl/N-ethyl adjacent to an activating group) is 1. The number of carbonyl (C=O) groups excluding carboxylic acids is 3. The van der Waals surface area contributed by atoms with E-state index in [1.54, 1.807) is 25.7 Å². The van der Waals surface area contributed by atoms with Crippen LogP contribution in [0.4, 0.5) is 10.5 Å². The van der Waals surface area contributed by atoms with Crippen LogP contribution in [0.3, 0.4) is 0 Å². The number of esters is 1. The summed E-state index contributed by atoms with van der Waals surface area (Å²) in [5.41, 5.74) is 3.77. The summed E-state index contributed by atoms with van der Waals surface area (Å²) in [4.78, 5) is 41.2. The van der Waals surface area contributed by atoms with Gasteiger partial charge in [0.15, 0.2) is 0 Å². The van der Waals surface area contributed by atoms with Crippen LogP contribution in [0.1, 0.15) is 87.5 Å². The van der Waals surface area contributed by atoms with Crippen molar-refractivity contribution in [3.05, 3.63) is 58.7 Å². The number of nitriles is 1. The number of methoxy groups -OCH3 is 1. The highest BCUT2D eigenvalue weighted by Crippen LogP contribution is 2.35. The maximum Gasteiger partial charge on any atom is 0.410 e. The van der Waals surface area contributed by atoms with Crippen molar-refractivity contribution >= 4 is 23.7 Å². The summed E-state index contributed by atoms with van der Waals surface area (Å²) >= 11 is 0. The summed E-state index contributed by atoms with van der Waals surface area (Å²) in [6.07, 6.45) is 5.69. The van der Waals surface area contributed by atoms with E-state index in [0.29, 0.717) is 31.2 Å². The van der Waals surface area contributed by atoms with Gasteiger partial charge >= 0.3 is 12.1 Å². The lowest BCUT2D eigenvalue weighted by atomic mass is 9.82. The molecule has 1 atom stereocenters. The van der Waals surface area contributed by atoms with E-state index in [2.05, 4.69) is 12.1 Å². The first kappa shape index (κ1) is 30.9. The Morgan fingerprint density at radius 2 is 1.83 bits per heavy atom. The quantitative estimate of drug-likeness (QED) is 0.362. The Kier molecular flexibility index (Phi) is 9.77. The van der Waals surface area contributed by atoms with E-state index >= 15 is 0 Å². The number of rotatable bonds is 8. The van der Waals surface area contributed by atoms with E-state index in [4.69, 9.17) is 14.2 Å². The number of benzene rings is 2. The molecule has 0 radical (unpaired) electrons. The predicted molar refractivity (Wildman–Crippen MR) is 158 cm³/mol. The zero-order chi connectivity index (χ0) is 30.4. The van der Waals surface area contributed by atoms with Crippen molar-refractivity contribution in [3.8, 4) is 11.8 Å². The molecule has 0 spiro atoms. The summed E-state index contributed by atoms with van der Waals surface area (Å²) in [5.74, 6) is 0.155. The van der Waals surface area contributed by atoms with Crippen LogP contribution < -0.4 is 9.64 Å². The van der Waals surface area contributed by atoms with Crippen molar-refractivity contribution in [2.24, 2.45) is 0 Å². The average Bonchev–Trinajstić information content (AvgIpc) is 3.41. The molecule has 224 valence electrons. The minimum absolute atomic E-state index is 0.238. The highest BCUT2D eigenvalue weighted by Gasteiger charge is 2.35. The number of hydrogen-bond donors (Lipinski definition) is 0. The average molecular weight is 576 g/mol. The Bertz CT molecular complexity index is 1350. The lowest BCUT2D eigenvalue weighted by molar-refractivity contribution is -0.148. The molecule has 2 amide bonds. The van der Waals surface area contributed by atoms with Gasteiger partial charge < -0.3 is 19.1 Å². The number of nitrogens with zero attached hydrogens (tertiary/aromatic N) is 3. The van der Waals surface area contributed by atoms with Crippen molar-refractivity contribution in [2.45, 2.75) is 89.9 Å². The van der Waals surface area contributed by atoms with E-state index in [1.807, 2.05) is 30.3 Å². The van der Waals surface area contributed by atoms with Gasteiger partial charge in [0.1, 0.15) is 24.0 Å². The number of carbonyl (C=O) groups is 3. The number of ether oxygens (including phenoxy) is 3. The second-order valence-corrected chi connectivity index (χ2v) is 12.1. The van der Waals surface area contributed by atoms with Crippen LogP contribution >= 0.6 is 0 Å². The van der Waals surface area contributed by atoms with Crippen LogP contribution in [0, 0.1) is 11.3 Å². The van der Waals surface area contributed by atoms with Crippen LogP contribution in [-0.2, 0) is 32.1 Å². The molecular formula is C33H41N3O6.